The van der Waals surface area contributed by atoms with E-state index in [1.54, 1.807) is 6.08 Å². The zero-order valence-electron chi connectivity index (χ0n) is 16.8. The van der Waals surface area contributed by atoms with Gasteiger partial charge in [-0.3, -0.25) is 14.4 Å². The molecule has 152 valence electrons. The summed E-state index contributed by atoms with van der Waals surface area (Å²) in [5.41, 5.74) is 1.41. The molecule has 0 heterocycles. The first-order chi connectivity index (χ1) is 13.0. The minimum atomic E-state index is -1.12. The maximum atomic E-state index is 11.5. The molecule has 0 spiro atoms. The molecule has 0 bridgehead atoms. The molecular weight excluding hydrogens is 364 g/mol. The number of aliphatic hydroxyl groups excluding tert-OH is 1. The van der Waals surface area contributed by atoms with E-state index < -0.39 is 30.1 Å². The molecule has 1 N–H and O–H groups in total. The highest BCUT2D eigenvalue weighted by Crippen LogP contribution is 2.19. The van der Waals surface area contributed by atoms with Crippen LogP contribution in [0.5, 0.6) is 0 Å². The van der Waals surface area contributed by atoms with Gasteiger partial charge in [0, 0.05) is 38.3 Å². The van der Waals surface area contributed by atoms with E-state index in [9.17, 15) is 19.5 Å². The lowest BCUT2D eigenvalue weighted by Crippen LogP contribution is -2.25. The van der Waals surface area contributed by atoms with Crippen molar-refractivity contribution in [3.63, 3.8) is 0 Å². The number of carbonyl (C=O) groups is 3. The molecule has 0 saturated heterocycles. The van der Waals surface area contributed by atoms with E-state index in [0.29, 0.717) is 0 Å². The van der Waals surface area contributed by atoms with Gasteiger partial charge in [0.1, 0.15) is 12.4 Å². The second-order valence-corrected chi connectivity index (χ2v) is 6.01. The van der Waals surface area contributed by atoms with Crippen molar-refractivity contribution in [3.8, 4) is 11.8 Å². The Morgan fingerprint density at radius 2 is 1.64 bits per heavy atom. The molecule has 0 aromatic rings. The van der Waals surface area contributed by atoms with Crippen molar-refractivity contribution in [2.45, 2.75) is 53.2 Å². The monoisotopic (exact) mass is 390 g/mol. The van der Waals surface area contributed by atoms with Gasteiger partial charge in [-0.25, -0.2) is 0 Å². The summed E-state index contributed by atoms with van der Waals surface area (Å²) in [7, 11) is 0. The van der Waals surface area contributed by atoms with Gasteiger partial charge in [-0.05, 0) is 26.0 Å². The fourth-order valence-electron chi connectivity index (χ4n) is 1.74. The Labute approximate surface area is 165 Å². The zero-order chi connectivity index (χ0) is 21.7. The van der Waals surface area contributed by atoms with E-state index in [1.165, 1.54) is 26.8 Å². The summed E-state index contributed by atoms with van der Waals surface area (Å²) in [4.78, 5) is 33.5. The molecule has 0 aliphatic carbocycles. The van der Waals surface area contributed by atoms with Crippen LogP contribution in [-0.4, -0.2) is 35.2 Å². The van der Waals surface area contributed by atoms with Crippen LogP contribution in [0.15, 0.2) is 48.0 Å². The second kappa shape index (κ2) is 13.1. The van der Waals surface area contributed by atoms with Crippen LogP contribution in [0.3, 0.4) is 0 Å². The van der Waals surface area contributed by atoms with Gasteiger partial charge in [0.2, 0.25) is 0 Å². The molecule has 0 radical (unpaired) electrons. The Morgan fingerprint density at radius 3 is 2.14 bits per heavy atom. The first-order valence-electron chi connectivity index (χ1n) is 8.43. The van der Waals surface area contributed by atoms with E-state index in [1.807, 2.05) is 13.8 Å². The number of ether oxygens (including phenoxy) is 3. The average molecular weight is 390 g/mol. The third-order valence-electron chi connectivity index (χ3n) is 2.97. The molecule has 7 heteroatoms. The van der Waals surface area contributed by atoms with Crippen LogP contribution in [0.4, 0.5) is 0 Å². The molecule has 28 heavy (non-hydrogen) atoms. The summed E-state index contributed by atoms with van der Waals surface area (Å²) >= 11 is 0. The SMILES string of the molecule is C=C(C#CC=C(C)C)C(O)CC(OC(C)=O)C(C=COC(C)=O)=COC(C)=O. The Morgan fingerprint density at radius 1 is 1.04 bits per heavy atom. The molecule has 0 aliphatic heterocycles. The van der Waals surface area contributed by atoms with Crippen LogP contribution in [0.2, 0.25) is 0 Å². The van der Waals surface area contributed by atoms with Gasteiger partial charge in [0.05, 0.1) is 12.4 Å². The molecule has 0 rings (SSSR count). The van der Waals surface area contributed by atoms with Crippen molar-refractivity contribution in [2.24, 2.45) is 0 Å². The lowest BCUT2D eigenvalue weighted by Gasteiger charge is -2.21. The molecule has 0 aliphatic rings. The Hall–Kier alpha value is -3.11. The molecule has 2 atom stereocenters. The highest BCUT2D eigenvalue weighted by Gasteiger charge is 2.22. The highest BCUT2D eigenvalue weighted by atomic mass is 16.5. The number of aliphatic hydroxyl groups is 1. The molecule has 0 fully saturated rings. The summed E-state index contributed by atoms with van der Waals surface area (Å²) in [6, 6.07) is 0. The minimum Gasteiger partial charge on any atom is -0.457 e. The molecule has 0 saturated carbocycles. The van der Waals surface area contributed by atoms with E-state index in [-0.39, 0.29) is 17.6 Å². The Bertz CT molecular complexity index is 740. The quantitative estimate of drug-likeness (QED) is 0.224. The van der Waals surface area contributed by atoms with Crippen molar-refractivity contribution < 1.29 is 33.7 Å². The summed E-state index contributed by atoms with van der Waals surface area (Å²) in [5, 5.41) is 10.3. The van der Waals surface area contributed by atoms with Gasteiger partial charge in [0.25, 0.3) is 0 Å². The minimum absolute atomic E-state index is 0.0978. The number of rotatable bonds is 8. The van der Waals surface area contributed by atoms with Crippen LogP contribution in [-0.2, 0) is 28.6 Å². The first-order valence-corrected chi connectivity index (χ1v) is 8.43. The summed E-state index contributed by atoms with van der Waals surface area (Å²) < 4.78 is 14.8. The van der Waals surface area contributed by atoms with Gasteiger partial charge < -0.3 is 19.3 Å². The number of carbonyl (C=O) groups excluding carboxylic acids is 3. The number of esters is 3. The first kappa shape index (κ1) is 24.9. The standard InChI is InChI=1S/C21H26O7/c1-14(2)8-7-9-15(3)20(25)12-21(28-18(6)24)19(13-27-17(5)23)10-11-26-16(4)22/h8,10-11,13,20-21,25H,3,12H2,1-2,4-6H3. The molecule has 0 aromatic carbocycles. The molecular formula is C21H26O7. The lowest BCUT2D eigenvalue weighted by molar-refractivity contribution is -0.145. The predicted octanol–water partition coefficient (Wildman–Crippen LogP) is 2.72. The van der Waals surface area contributed by atoms with Gasteiger partial charge in [-0.2, -0.15) is 0 Å². The summed E-state index contributed by atoms with van der Waals surface area (Å²) in [5.74, 6) is 3.70. The maximum absolute atomic E-state index is 11.5. The van der Waals surface area contributed by atoms with Gasteiger partial charge >= 0.3 is 17.9 Å². The van der Waals surface area contributed by atoms with Crippen molar-refractivity contribution in [1.29, 1.82) is 0 Å². The van der Waals surface area contributed by atoms with Crippen molar-refractivity contribution in [3.05, 3.63) is 48.0 Å². The number of hydrogen-bond acceptors (Lipinski definition) is 7. The zero-order valence-corrected chi connectivity index (χ0v) is 16.8. The normalized spacial score (nSPS) is 12.9. The van der Waals surface area contributed by atoms with Gasteiger partial charge in [-0.15, -0.1) is 0 Å². The predicted molar refractivity (Wildman–Crippen MR) is 103 cm³/mol. The third kappa shape index (κ3) is 12.3. The molecule has 7 nitrogen and oxygen atoms in total. The van der Waals surface area contributed by atoms with Crippen LogP contribution in [0.25, 0.3) is 0 Å². The van der Waals surface area contributed by atoms with Crippen LogP contribution in [0.1, 0.15) is 41.0 Å². The van der Waals surface area contributed by atoms with Crippen molar-refractivity contribution >= 4 is 17.9 Å². The van der Waals surface area contributed by atoms with Crippen LogP contribution in [0, 0.1) is 11.8 Å². The maximum Gasteiger partial charge on any atom is 0.307 e. The number of allylic oxidation sites excluding steroid dienone is 2. The Kier molecular flexibility index (Phi) is 11.7. The molecule has 0 aromatic heterocycles. The van der Waals surface area contributed by atoms with Crippen LogP contribution >= 0.6 is 0 Å². The topological polar surface area (TPSA) is 99.1 Å². The summed E-state index contributed by atoms with van der Waals surface area (Å²) in [6.45, 7) is 11.1. The fraction of sp³-hybridized carbons (Fsp3) is 0.381. The highest BCUT2D eigenvalue weighted by molar-refractivity contribution is 5.68. The van der Waals surface area contributed by atoms with E-state index in [4.69, 9.17) is 14.2 Å². The van der Waals surface area contributed by atoms with Crippen molar-refractivity contribution in [2.75, 3.05) is 0 Å². The average Bonchev–Trinajstić information content (AvgIpc) is 2.55. The number of hydrogen-bond donors (Lipinski definition) is 1. The second-order valence-electron chi connectivity index (χ2n) is 6.01. The lowest BCUT2D eigenvalue weighted by atomic mass is 10.00. The van der Waals surface area contributed by atoms with Crippen molar-refractivity contribution in [1.82, 2.24) is 0 Å². The van der Waals surface area contributed by atoms with E-state index >= 15 is 0 Å². The third-order valence-corrected chi connectivity index (χ3v) is 2.97. The largest absolute Gasteiger partial charge is 0.457 e. The summed E-state index contributed by atoms with van der Waals surface area (Å²) in [6.07, 6.45) is 2.87. The Balaban J connectivity index is 5.58. The molecule has 2 unspecified atom stereocenters. The van der Waals surface area contributed by atoms with E-state index in [0.717, 1.165) is 18.1 Å². The fourth-order valence-corrected chi connectivity index (χ4v) is 1.74. The smallest absolute Gasteiger partial charge is 0.307 e. The van der Waals surface area contributed by atoms with Gasteiger partial charge in [-0.1, -0.05) is 24.0 Å². The molecule has 0 amide bonds. The van der Waals surface area contributed by atoms with E-state index in [2.05, 4.69) is 18.4 Å². The van der Waals surface area contributed by atoms with Gasteiger partial charge in [0.15, 0.2) is 0 Å². The van der Waals surface area contributed by atoms with Crippen LogP contribution < -0.4 is 0 Å².